The topological polar surface area (TPSA) is 111 Å². The lowest BCUT2D eigenvalue weighted by Gasteiger charge is -2.15. The molecule has 0 aliphatic heterocycles. The van der Waals surface area contributed by atoms with Crippen LogP contribution in [0, 0.1) is 0 Å². The summed E-state index contributed by atoms with van der Waals surface area (Å²) in [5, 5.41) is 6.23. The zero-order valence-corrected chi connectivity index (χ0v) is 22.6. The first-order chi connectivity index (χ1) is 18.8. The van der Waals surface area contributed by atoms with Gasteiger partial charge in [-0.15, -0.1) is 0 Å². The number of ether oxygens (including phenoxy) is 1. The fourth-order valence-electron chi connectivity index (χ4n) is 4.06. The summed E-state index contributed by atoms with van der Waals surface area (Å²) in [5.41, 5.74) is 0.605. The zero-order valence-electron chi connectivity index (χ0n) is 21.1. The SMILES string of the molecule is COCCCNC(=O)c1ccc(Cn2c(=O)c3ccccc3n(CC(=O)Nc3cccc(Cl)c3Cl)c2=O)cc1. The molecule has 4 aromatic rings. The van der Waals surface area contributed by atoms with E-state index >= 15 is 0 Å². The fourth-order valence-corrected chi connectivity index (χ4v) is 4.41. The molecule has 11 heteroatoms. The fraction of sp³-hybridized carbons (Fsp3) is 0.214. The number of hydrogen-bond donors (Lipinski definition) is 2. The van der Waals surface area contributed by atoms with Gasteiger partial charge in [0.1, 0.15) is 6.54 Å². The van der Waals surface area contributed by atoms with Gasteiger partial charge in [0.15, 0.2) is 0 Å². The number of carbonyl (C=O) groups is 2. The molecule has 1 aromatic heterocycles. The minimum Gasteiger partial charge on any atom is -0.385 e. The highest BCUT2D eigenvalue weighted by Gasteiger charge is 2.17. The van der Waals surface area contributed by atoms with Crippen molar-refractivity contribution in [1.29, 1.82) is 0 Å². The maximum Gasteiger partial charge on any atom is 0.332 e. The smallest absolute Gasteiger partial charge is 0.332 e. The molecule has 2 amide bonds. The van der Waals surface area contributed by atoms with E-state index < -0.39 is 17.2 Å². The molecular formula is C28H26Cl2N4O5. The highest BCUT2D eigenvalue weighted by Crippen LogP contribution is 2.29. The summed E-state index contributed by atoms with van der Waals surface area (Å²) in [5.74, 6) is -0.744. The first-order valence-electron chi connectivity index (χ1n) is 12.1. The number of fused-ring (bicyclic) bond motifs is 1. The largest absolute Gasteiger partial charge is 0.385 e. The molecule has 39 heavy (non-hydrogen) atoms. The van der Waals surface area contributed by atoms with Gasteiger partial charge in [-0.3, -0.25) is 23.5 Å². The Labute approximate surface area is 233 Å². The van der Waals surface area contributed by atoms with E-state index in [1.807, 2.05) is 0 Å². The summed E-state index contributed by atoms with van der Waals surface area (Å²) in [6, 6.07) is 18.1. The average Bonchev–Trinajstić information content (AvgIpc) is 2.94. The molecule has 0 fully saturated rings. The molecule has 1 heterocycles. The van der Waals surface area contributed by atoms with E-state index in [0.29, 0.717) is 41.9 Å². The summed E-state index contributed by atoms with van der Waals surface area (Å²) in [7, 11) is 1.60. The molecule has 2 N–H and O–H groups in total. The minimum atomic E-state index is -0.647. The lowest BCUT2D eigenvalue weighted by Crippen LogP contribution is -2.42. The van der Waals surface area contributed by atoms with Crippen LogP contribution in [-0.4, -0.2) is 41.2 Å². The summed E-state index contributed by atoms with van der Waals surface area (Å²) in [6.45, 7) is 0.634. The number of methoxy groups -OCH3 is 1. The molecule has 0 atom stereocenters. The monoisotopic (exact) mass is 568 g/mol. The van der Waals surface area contributed by atoms with E-state index in [2.05, 4.69) is 10.6 Å². The number of carbonyl (C=O) groups excluding carboxylic acids is 2. The molecule has 3 aromatic carbocycles. The van der Waals surface area contributed by atoms with E-state index in [1.165, 1.54) is 4.57 Å². The van der Waals surface area contributed by atoms with Crippen molar-refractivity contribution in [2.75, 3.05) is 25.6 Å². The van der Waals surface area contributed by atoms with Gasteiger partial charge in [0.05, 0.1) is 33.2 Å². The average molecular weight is 569 g/mol. The maximum atomic E-state index is 13.5. The van der Waals surface area contributed by atoms with Crippen molar-refractivity contribution in [1.82, 2.24) is 14.5 Å². The van der Waals surface area contributed by atoms with E-state index in [9.17, 15) is 19.2 Å². The molecule has 9 nitrogen and oxygen atoms in total. The molecule has 0 aliphatic rings. The summed E-state index contributed by atoms with van der Waals surface area (Å²) in [6.07, 6.45) is 0.696. The molecule has 0 bridgehead atoms. The van der Waals surface area contributed by atoms with E-state index in [1.54, 1.807) is 73.8 Å². The molecule has 0 radical (unpaired) electrons. The first-order valence-corrected chi connectivity index (χ1v) is 12.9. The van der Waals surface area contributed by atoms with E-state index in [4.69, 9.17) is 27.9 Å². The number of rotatable bonds is 10. The molecule has 4 rings (SSSR count). The van der Waals surface area contributed by atoms with Gasteiger partial charge in [0, 0.05) is 25.8 Å². The lowest BCUT2D eigenvalue weighted by molar-refractivity contribution is -0.116. The van der Waals surface area contributed by atoms with Gasteiger partial charge in [0.2, 0.25) is 5.91 Å². The van der Waals surface area contributed by atoms with E-state index in [0.717, 1.165) is 4.57 Å². The number of hydrogen-bond acceptors (Lipinski definition) is 5. The van der Waals surface area contributed by atoms with Crippen LogP contribution in [0.4, 0.5) is 5.69 Å². The Hall–Kier alpha value is -3.92. The van der Waals surface area contributed by atoms with Crippen LogP contribution in [0.25, 0.3) is 10.9 Å². The van der Waals surface area contributed by atoms with Gasteiger partial charge in [0.25, 0.3) is 11.5 Å². The van der Waals surface area contributed by atoms with Crippen LogP contribution in [0.5, 0.6) is 0 Å². The van der Waals surface area contributed by atoms with Crippen molar-refractivity contribution in [3.8, 4) is 0 Å². The molecule has 0 aliphatic carbocycles. The van der Waals surface area contributed by atoms with Crippen LogP contribution >= 0.6 is 23.2 Å². The van der Waals surface area contributed by atoms with Gasteiger partial charge in [-0.1, -0.05) is 53.5 Å². The van der Waals surface area contributed by atoms with Crippen molar-refractivity contribution in [2.24, 2.45) is 0 Å². The quantitative estimate of drug-likeness (QED) is 0.281. The van der Waals surface area contributed by atoms with Crippen LogP contribution in [0.2, 0.25) is 10.0 Å². The van der Waals surface area contributed by atoms with Crippen LogP contribution in [0.3, 0.4) is 0 Å². The number of benzene rings is 3. The third kappa shape index (κ3) is 6.57. The third-order valence-electron chi connectivity index (χ3n) is 6.03. The van der Waals surface area contributed by atoms with Crippen molar-refractivity contribution >= 4 is 51.6 Å². The predicted octanol–water partition coefficient (Wildman–Crippen LogP) is 3.92. The first kappa shape index (κ1) is 28.1. The maximum absolute atomic E-state index is 13.5. The number of anilines is 1. The Morgan fingerprint density at radius 2 is 1.67 bits per heavy atom. The number of aromatic nitrogens is 2. The van der Waals surface area contributed by atoms with Gasteiger partial charge in [-0.25, -0.2) is 4.79 Å². The third-order valence-corrected chi connectivity index (χ3v) is 6.85. The Kier molecular flexibility index (Phi) is 9.19. The molecule has 0 saturated heterocycles. The van der Waals surface area contributed by atoms with Crippen LogP contribution in [0.1, 0.15) is 22.3 Å². The van der Waals surface area contributed by atoms with Crippen molar-refractivity contribution in [2.45, 2.75) is 19.5 Å². The normalized spacial score (nSPS) is 10.9. The molecular weight excluding hydrogens is 543 g/mol. The minimum absolute atomic E-state index is 0.0417. The number of nitrogens with zero attached hydrogens (tertiary/aromatic N) is 2. The van der Waals surface area contributed by atoms with Crippen molar-refractivity contribution < 1.29 is 14.3 Å². The highest BCUT2D eigenvalue weighted by molar-refractivity contribution is 6.44. The van der Waals surface area contributed by atoms with Gasteiger partial charge in [-0.05, 0) is 48.4 Å². The highest BCUT2D eigenvalue weighted by atomic mass is 35.5. The van der Waals surface area contributed by atoms with Crippen LogP contribution in [0.15, 0.2) is 76.3 Å². The van der Waals surface area contributed by atoms with Crippen LogP contribution in [-0.2, 0) is 22.6 Å². The number of nitrogens with one attached hydrogen (secondary N) is 2. The standard InChI is InChI=1S/C28H26Cl2N4O5/c1-39-15-5-14-31-26(36)19-12-10-18(11-13-19)16-34-27(37)20-6-2-3-9-23(20)33(28(34)38)17-24(35)32-22-8-4-7-21(29)25(22)30/h2-4,6-13H,5,14-17H2,1H3,(H,31,36)(H,32,35). The van der Waals surface area contributed by atoms with Crippen molar-refractivity contribution in [3.05, 3.63) is 109 Å². The molecule has 0 saturated carbocycles. The molecule has 0 spiro atoms. The van der Waals surface area contributed by atoms with Gasteiger partial charge >= 0.3 is 5.69 Å². The Bertz CT molecular complexity index is 1630. The summed E-state index contributed by atoms with van der Waals surface area (Å²) >= 11 is 12.2. The Morgan fingerprint density at radius 3 is 2.41 bits per heavy atom. The van der Waals surface area contributed by atoms with Crippen molar-refractivity contribution in [3.63, 3.8) is 0 Å². The second-order valence-corrected chi connectivity index (χ2v) is 9.51. The Morgan fingerprint density at radius 1 is 0.923 bits per heavy atom. The summed E-state index contributed by atoms with van der Waals surface area (Å²) in [4.78, 5) is 52.0. The number of amides is 2. The number of halogens is 2. The van der Waals surface area contributed by atoms with Gasteiger partial charge < -0.3 is 15.4 Å². The predicted molar refractivity (Wildman–Crippen MR) is 152 cm³/mol. The lowest BCUT2D eigenvalue weighted by atomic mass is 10.1. The molecule has 0 unspecified atom stereocenters. The van der Waals surface area contributed by atoms with E-state index in [-0.39, 0.29) is 34.4 Å². The second kappa shape index (κ2) is 12.8. The second-order valence-electron chi connectivity index (χ2n) is 8.73. The Balaban J connectivity index is 1.60. The van der Waals surface area contributed by atoms with Gasteiger partial charge in [-0.2, -0.15) is 0 Å². The van der Waals surface area contributed by atoms with Crippen LogP contribution < -0.4 is 21.9 Å². The molecule has 202 valence electrons. The zero-order chi connectivity index (χ0) is 27.9. The number of para-hydroxylation sites is 1. The summed E-state index contributed by atoms with van der Waals surface area (Å²) < 4.78 is 7.29.